The molecule has 0 spiro atoms. The highest BCUT2D eigenvalue weighted by Crippen LogP contribution is 2.32. The van der Waals surface area contributed by atoms with E-state index in [1.54, 1.807) is 6.20 Å². The highest BCUT2D eigenvalue weighted by Gasteiger charge is 2.32. The van der Waals surface area contributed by atoms with Crippen LogP contribution >= 0.6 is 0 Å². The Morgan fingerprint density at radius 2 is 1.76 bits per heavy atom. The highest BCUT2D eigenvalue weighted by atomic mass is 16.2. The summed E-state index contributed by atoms with van der Waals surface area (Å²) in [5.41, 5.74) is 3.80. The van der Waals surface area contributed by atoms with Gasteiger partial charge in [-0.3, -0.25) is 9.78 Å². The number of anilines is 1. The van der Waals surface area contributed by atoms with Crippen LogP contribution in [0.2, 0.25) is 0 Å². The van der Waals surface area contributed by atoms with Gasteiger partial charge in [0.1, 0.15) is 6.17 Å². The van der Waals surface area contributed by atoms with Crippen LogP contribution in [0.5, 0.6) is 0 Å². The molecule has 124 valence electrons. The lowest BCUT2D eigenvalue weighted by Gasteiger charge is -2.38. The molecule has 0 saturated heterocycles. The number of benzene rings is 2. The van der Waals surface area contributed by atoms with E-state index in [4.69, 9.17) is 0 Å². The molecule has 1 atom stereocenters. The summed E-state index contributed by atoms with van der Waals surface area (Å²) >= 11 is 0. The number of para-hydroxylation sites is 1. The van der Waals surface area contributed by atoms with Gasteiger partial charge in [-0.25, -0.2) is 0 Å². The lowest BCUT2D eigenvalue weighted by molar-refractivity contribution is 0.0685. The third-order valence-electron chi connectivity index (χ3n) is 4.51. The van der Waals surface area contributed by atoms with Crippen molar-refractivity contribution in [3.8, 4) is 0 Å². The van der Waals surface area contributed by atoms with Crippen LogP contribution in [-0.2, 0) is 6.42 Å². The van der Waals surface area contributed by atoms with E-state index in [9.17, 15) is 4.79 Å². The van der Waals surface area contributed by atoms with Crippen LogP contribution in [0.15, 0.2) is 79.1 Å². The lowest BCUT2D eigenvalue weighted by atomic mass is 10.0. The Bertz CT molecular complexity index is 865. The Morgan fingerprint density at radius 3 is 2.56 bits per heavy atom. The number of pyridine rings is 1. The number of hydrogen-bond acceptors (Lipinski definition) is 3. The van der Waals surface area contributed by atoms with Gasteiger partial charge in [0.2, 0.25) is 0 Å². The van der Waals surface area contributed by atoms with Crippen molar-refractivity contribution in [2.24, 2.45) is 0 Å². The monoisotopic (exact) mass is 329 g/mol. The fourth-order valence-electron chi connectivity index (χ4n) is 3.22. The molecule has 2 aromatic carbocycles. The fourth-order valence-corrected chi connectivity index (χ4v) is 3.22. The summed E-state index contributed by atoms with van der Waals surface area (Å²) in [7, 11) is 0. The largest absolute Gasteiger partial charge is 0.361 e. The van der Waals surface area contributed by atoms with E-state index in [0.29, 0.717) is 6.54 Å². The summed E-state index contributed by atoms with van der Waals surface area (Å²) < 4.78 is 0. The van der Waals surface area contributed by atoms with E-state index in [1.165, 1.54) is 5.56 Å². The summed E-state index contributed by atoms with van der Waals surface area (Å²) in [5, 5.41) is 3.50. The van der Waals surface area contributed by atoms with Crippen molar-refractivity contribution in [1.29, 1.82) is 0 Å². The Hall–Kier alpha value is -3.14. The Balaban J connectivity index is 1.66. The van der Waals surface area contributed by atoms with E-state index < -0.39 is 0 Å². The second-order valence-electron chi connectivity index (χ2n) is 6.11. The molecule has 1 aliphatic rings. The van der Waals surface area contributed by atoms with Gasteiger partial charge in [0.15, 0.2) is 0 Å². The van der Waals surface area contributed by atoms with Gasteiger partial charge in [0, 0.05) is 30.2 Å². The molecular formula is C21H19N3O. The predicted molar refractivity (Wildman–Crippen MR) is 98.2 cm³/mol. The van der Waals surface area contributed by atoms with E-state index in [2.05, 4.69) is 22.4 Å². The third kappa shape index (κ3) is 3.11. The van der Waals surface area contributed by atoms with E-state index in [1.807, 2.05) is 65.7 Å². The molecule has 0 unspecified atom stereocenters. The van der Waals surface area contributed by atoms with Gasteiger partial charge in [-0.1, -0.05) is 48.5 Å². The van der Waals surface area contributed by atoms with Crippen molar-refractivity contribution in [2.45, 2.75) is 12.6 Å². The van der Waals surface area contributed by atoms with E-state index >= 15 is 0 Å². The normalized spacial score (nSPS) is 16.2. The Kier molecular flexibility index (Phi) is 4.17. The number of hydrogen-bond donors (Lipinski definition) is 1. The minimum absolute atomic E-state index is 0.0548. The number of nitrogens with one attached hydrogen (secondary N) is 1. The zero-order valence-corrected chi connectivity index (χ0v) is 13.8. The second kappa shape index (κ2) is 6.77. The molecule has 4 nitrogen and oxygen atoms in total. The molecule has 0 bridgehead atoms. The summed E-state index contributed by atoms with van der Waals surface area (Å²) in [6, 6.07) is 21.8. The molecule has 0 aliphatic carbocycles. The van der Waals surface area contributed by atoms with Crippen LogP contribution in [0.1, 0.15) is 27.7 Å². The van der Waals surface area contributed by atoms with Crippen LogP contribution in [0.25, 0.3) is 0 Å². The molecule has 0 radical (unpaired) electrons. The number of amides is 1. The van der Waals surface area contributed by atoms with Crippen LogP contribution in [-0.4, -0.2) is 22.3 Å². The van der Waals surface area contributed by atoms with Gasteiger partial charge in [0.25, 0.3) is 5.91 Å². The molecule has 1 N–H and O–H groups in total. The maximum Gasteiger partial charge on any atom is 0.257 e. The standard InChI is InChI=1S/C21H19N3O/c25-21-18-10-4-5-11-19(18)23-20(17-9-6-13-22-15-17)24(21)14-12-16-7-2-1-3-8-16/h1-11,13,15,20,23H,12,14H2/t20-/m1/s1. The summed E-state index contributed by atoms with van der Waals surface area (Å²) in [6.45, 7) is 0.643. The maximum atomic E-state index is 13.1. The van der Waals surface area contributed by atoms with Crippen molar-refractivity contribution in [3.05, 3.63) is 95.8 Å². The minimum atomic E-state index is -0.209. The van der Waals surface area contributed by atoms with Gasteiger partial charge in [0.05, 0.1) is 5.56 Å². The van der Waals surface area contributed by atoms with Gasteiger partial charge in [-0.15, -0.1) is 0 Å². The van der Waals surface area contributed by atoms with Crippen molar-refractivity contribution < 1.29 is 4.79 Å². The van der Waals surface area contributed by atoms with E-state index in [0.717, 1.165) is 23.2 Å². The van der Waals surface area contributed by atoms with Gasteiger partial charge in [-0.05, 0) is 30.2 Å². The first-order chi connectivity index (χ1) is 12.3. The molecule has 3 aromatic rings. The molecule has 4 rings (SSSR count). The van der Waals surface area contributed by atoms with Crippen molar-refractivity contribution in [3.63, 3.8) is 0 Å². The first kappa shape index (κ1) is 15.4. The molecule has 0 saturated carbocycles. The Labute approximate surface area is 147 Å². The molecule has 4 heteroatoms. The lowest BCUT2D eigenvalue weighted by Crippen LogP contribution is -2.44. The van der Waals surface area contributed by atoms with Crippen molar-refractivity contribution in [1.82, 2.24) is 9.88 Å². The van der Waals surface area contributed by atoms with Crippen molar-refractivity contribution >= 4 is 11.6 Å². The molecule has 1 amide bonds. The van der Waals surface area contributed by atoms with E-state index in [-0.39, 0.29) is 12.1 Å². The molecule has 1 aromatic heterocycles. The minimum Gasteiger partial charge on any atom is -0.361 e. The number of nitrogens with zero attached hydrogens (tertiary/aromatic N) is 2. The first-order valence-corrected chi connectivity index (χ1v) is 8.43. The molecule has 0 fully saturated rings. The smallest absolute Gasteiger partial charge is 0.257 e. The van der Waals surface area contributed by atoms with Gasteiger partial charge < -0.3 is 10.2 Å². The van der Waals surface area contributed by atoms with Crippen molar-refractivity contribution in [2.75, 3.05) is 11.9 Å². The molecule has 25 heavy (non-hydrogen) atoms. The predicted octanol–water partition coefficient (Wildman–Crippen LogP) is 3.89. The zero-order valence-electron chi connectivity index (χ0n) is 13.8. The average Bonchev–Trinajstić information content (AvgIpc) is 2.69. The number of rotatable bonds is 4. The Morgan fingerprint density at radius 1 is 0.960 bits per heavy atom. The molecule has 2 heterocycles. The SMILES string of the molecule is O=C1c2ccccc2N[C@@H](c2cccnc2)N1CCc1ccccc1. The fraction of sp³-hybridized carbons (Fsp3) is 0.143. The third-order valence-corrected chi connectivity index (χ3v) is 4.51. The van der Waals surface area contributed by atoms with Crippen LogP contribution in [0, 0.1) is 0 Å². The summed E-state index contributed by atoms with van der Waals surface area (Å²) in [5.74, 6) is 0.0548. The van der Waals surface area contributed by atoms with Gasteiger partial charge >= 0.3 is 0 Å². The summed E-state index contributed by atoms with van der Waals surface area (Å²) in [4.78, 5) is 19.2. The zero-order chi connectivity index (χ0) is 17.1. The number of carbonyl (C=O) groups excluding carboxylic acids is 1. The second-order valence-corrected chi connectivity index (χ2v) is 6.11. The maximum absolute atomic E-state index is 13.1. The molecule has 1 aliphatic heterocycles. The summed E-state index contributed by atoms with van der Waals surface area (Å²) in [6.07, 6.45) is 4.16. The highest BCUT2D eigenvalue weighted by molar-refractivity contribution is 6.01. The van der Waals surface area contributed by atoms with Gasteiger partial charge in [-0.2, -0.15) is 0 Å². The molecular weight excluding hydrogens is 310 g/mol. The van der Waals surface area contributed by atoms with Crippen LogP contribution in [0.3, 0.4) is 0 Å². The topological polar surface area (TPSA) is 45.2 Å². The first-order valence-electron chi connectivity index (χ1n) is 8.43. The quantitative estimate of drug-likeness (QED) is 0.790. The van der Waals surface area contributed by atoms with Crippen LogP contribution < -0.4 is 5.32 Å². The number of carbonyl (C=O) groups is 1. The van der Waals surface area contributed by atoms with Crippen LogP contribution in [0.4, 0.5) is 5.69 Å². The number of fused-ring (bicyclic) bond motifs is 1. The average molecular weight is 329 g/mol. The number of aromatic nitrogens is 1.